The molecule has 2 fully saturated rings. The molecule has 1 atom stereocenters. The lowest BCUT2D eigenvalue weighted by atomic mass is 9.66. The molecule has 3 nitrogen and oxygen atoms in total. The van der Waals surface area contributed by atoms with E-state index < -0.39 is 0 Å². The van der Waals surface area contributed by atoms with Crippen LogP contribution in [-0.4, -0.2) is 18.0 Å². The van der Waals surface area contributed by atoms with Crippen molar-refractivity contribution in [3.8, 4) is 0 Å². The Hall–Kier alpha value is -0.120. The Balaban J connectivity index is 2.18. The van der Waals surface area contributed by atoms with Crippen LogP contribution in [-0.2, 0) is 14.5 Å². The first kappa shape index (κ1) is 11.4. The molecule has 1 aliphatic carbocycles. The predicted octanol–water partition coefficient (Wildman–Crippen LogP) is 3.04. The van der Waals surface area contributed by atoms with Crippen LogP contribution in [0.1, 0.15) is 53.4 Å². The van der Waals surface area contributed by atoms with Gasteiger partial charge in [0.25, 0.3) is 0 Å². The van der Waals surface area contributed by atoms with Crippen molar-refractivity contribution in [1.82, 2.24) is 0 Å². The maximum absolute atomic E-state index is 6.05. The number of hydrogen-bond donors (Lipinski definition) is 0. The number of rotatable bonds is 2. The molecule has 0 bridgehead atoms. The first-order valence-corrected chi connectivity index (χ1v) is 5.94. The van der Waals surface area contributed by atoms with Gasteiger partial charge in [-0.1, -0.05) is 20.8 Å². The van der Waals surface area contributed by atoms with Gasteiger partial charge in [0, 0.05) is 19.4 Å². The van der Waals surface area contributed by atoms with Crippen molar-refractivity contribution in [2.75, 3.05) is 6.61 Å². The summed E-state index contributed by atoms with van der Waals surface area (Å²) in [5.74, 6) is -0.305. The molecular weight excluding hydrogens is 192 g/mol. The Morgan fingerprint density at radius 2 is 1.87 bits per heavy atom. The van der Waals surface area contributed by atoms with Gasteiger partial charge in [-0.3, -0.25) is 0 Å². The van der Waals surface area contributed by atoms with E-state index in [1.165, 1.54) is 0 Å². The normalized spacial score (nSPS) is 34.4. The molecule has 1 spiro atoms. The molecule has 88 valence electrons. The number of hydrogen-bond acceptors (Lipinski definition) is 3. The minimum atomic E-state index is -0.305. The zero-order valence-corrected chi connectivity index (χ0v) is 10.3. The molecule has 3 heteroatoms. The van der Waals surface area contributed by atoms with Gasteiger partial charge in [-0.2, -0.15) is 9.78 Å². The Labute approximate surface area is 92.0 Å². The van der Waals surface area contributed by atoms with Crippen molar-refractivity contribution in [3.63, 3.8) is 0 Å². The fourth-order valence-electron chi connectivity index (χ4n) is 2.71. The molecule has 15 heavy (non-hydrogen) atoms. The molecule has 0 aromatic carbocycles. The van der Waals surface area contributed by atoms with Gasteiger partial charge in [-0.25, -0.2) is 0 Å². The highest BCUT2D eigenvalue weighted by Crippen LogP contribution is 2.54. The largest absolute Gasteiger partial charge is 0.375 e. The topological polar surface area (TPSA) is 34.3 Å². The minimum absolute atomic E-state index is 0.0868. The van der Waals surface area contributed by atoms with Gasteiger partial charge in [0.15, 0.2) is 0 Å². The van der Waals surface area contributed by atoms with Gasteiger partial charge < -0.3 is 4.74 Å². The molecule has 2 aliphatic rings. The third-order valence-electron chi connectivity index (χ3n) is 3.80. The summed E-state index contributed by atoms with van der Waals surface area (Å²) in [4.78, 5) is 10.3. The molecule has 0 radical (unpaired) electrons. The van der Waals surface area contributed by atoms with Crippen LogP contribution in [0.25, 0.3) is 0 Å². The van der Waals surface area contributed by atoms with Crippen molar-refractivity contribution in [2.24, 2.45) is 5.41 Å². The summed E-state index contributed by atoms with van der Waals surface area (Å²) < 4.78 is 6.05. The van der Waals surface area contributed by atoms with Gasteiger partial charge in [0.1, 0.15) is 0 Å². The van der Waals surface area contributed by atoms with Crippen molar-refractivity contribution in [2.45, 2.75) is 64.8 Å². The monoisotopic (exact) mass is 214 g/mol. The summed E-state index contributed by atoms with van der Waals surface area (Å²) >= 11 is 0. The van der Waals surface area contributed by atoms with E-state index in [-0.39, 0.29) is 16.8 Å². The molecule has 0 N–H and O–H groups in total. The molecule has 1 unspecified atom stereocenters. The van der Waals surface area contributed by atoms with Crippen LogP contribution < -0.4 is 0 Å². The predicted molar refractivity (Wildman–Crippen MR) is 57.2 cm³/mol. The highest BCUT2D eigenvalue weighted by molar-refractivity contribution is 5.01. The van der Waals surface area contributed by atoms with Crippen LogP contribution in [0.2, 0.25) is 0 Å². The first-order chi connectivity index (χ1) is 6.93. The van der Waals surface area contributed by atoms with E-state index in [1.54, 1.807) is 0 Å². The van der Waals surface area contributed by atoms with Gasteiger partial charge in [-0.05, 0) is 25.2 Å². The third-order valence-corrected chi connectivity index (χ3v) is 3.80. The van der Waals surface area contributed by atoms with Gasteiger partial charge in [0.2, 0.25) is 5.79 Å². The van der Waals surface area contributed by atoms with E-state index in [2.05, 4.69) is 27.7 Å². The lowest BCUT2D eigenvalue weighted by Crippen LogP contribution is -2.51. The van der Waals surface area contributed by atoms with Crippen LogP contribution in [0.4, 0.5) is 0 Å². The van der Waals surface area contributed by atoms with Crippen LogP contribution in [0.3, 0.4) is 0 Å². The van der Waals surface area contributed by atoms with Crippen molar-refractivity contribution in [1.29, 1.82) is 0 Å². The summed E-state index contributed by atoms with van der Waals surface area (Å²) in [6.07, 6.45) is 4.12. The lowest BCUT2D eigenvalue weighted by molar-refractivity contribution is -0.150. The maximum atomic E-state index is 6.05. The molecule has 1 saturated carbocycles. The average molecular weight is 214 g/mol. The summed E-state index contributed by atoms with van der Waals surface area (Å²) in [7, 11) is 0. The Morgan fingerprint density at radius 1 is 1.20 bits per heavy atom. The average Bonchev–Trinajstić information content (AvgIpc) is 2.83. The maximum Gasteiger partial charge on any atom is 0.237 e. The van der Waals surface area contributed by atoms with E-state index in [4.69, 9.17) is 14.5 Å². The smallest absolute Gasteiger partial charge is 0.237 e. The minimum Gasteiger partial charge on any atom is -0.375 e. The van der Waals surface area contributed by atoms with Crippen molar-refractivity contribution < 1.29 is 14.5 Å². The first-order valence-electron chi connectivity index (χ1n) is 5.94. The summed E-state index contributed by atoms with van der Waals surface area (Å²) in [5, 5.41) is 0. The second kappa shape index (κ2) is 3.44. The molecule has 0 aromatic heterocycles. The van der Waals surface area contributed by atoms with E-state index >= 15 is 0 Å². The van der Waals surface area contributed by atoms with Crippen LogP contribution in [0.15, 0.2) is 0 Å². The summed E-state index contributed by atoms with van der Waals surface area (Å²) in [6.45, 7) is 9.54. The fraction of sp³-hybridized carbons (Fsp3) is 1.00. The fourth-order valence-corrected chi connectivity index (χ4v) is 2.71. The highest BCUT2D eigenvalue weighted by Gasteiger charge is 2.60. The van der Waals surface area contributed by atoms with Crippen LogP contribution in [0, 0.1) is 5.41 Å². The summed E-state index contributed by atoms with van der Waals surface area (Å²) in [5.41, 5.74) is 0.0439. The van der Waals surface area contributed by atoms with Gasteiger partial charge in [0.05, 0.1) is 5.60 Å². The van der Waals surface area contributed by atoms with Gasteiger partial charge >= 0.3 is 0 Å². The molecule has 1 aliphatic heterocycles. The zero-order valence-electron chi connectivity index (χ0n) is 10.3. The van der Waals surface area contributed by atoms with Crippen LogP contribution >= 0.6 is 0 Å². The SMILES string of the molecule is CCOC1(C(C)(C)C)CCCC2(C1)OO2. The van der Waals surface area contributed by atoms with E-state index in [1.807, 2.05) is 0 Å². The molecular formula is C12H22O3. The zero-order chi connectivity index (χ0) is 11.2. The Bertz CT molecular complexity index is 236. The van der Waals surface area contributed by atoms with E-state index in [0.717, 1.165) is 32.3 Å². The molecule has 0 amide bonds. The van der Waals surface area contributed by atoms with E-state index in [9.17, 15) is 0 Å². The second-order valence-corrected chi connectivity index (χ2v) is 5.78. The Kier molecular flexibility index (Phi) is 2.61. The van der Waals surface area contributed by atoms with E-state index in [0.29, 0.717) is 0 Å². The van der Waals surface area contributed by atoms with Crippen LogP contribution in [0.5, 0.6) is 0 Å². The Morgan fingerprint density at radius 3 is 2.33 bits per heavy atom. The second-order valence-electron chi connectivity index (χ2n) is 5.78. The highest BCUT2D eigenvalue weighted by atomic mass is 17.4. The summed E-state index contributed by atoms with van der Waals surface area (Å²) in [6, 6.07) is 0. The quantitative estimate of drug-likeness (QED) is 0.523. The van der Waals surface area contributed by atoms with Gasteiger partial charge in [-0.15, -0.1) is 0 Å². The lowest BCUT2D eigenvalue weighted by Gasteiger charge is -2.47. The molecule has 2 rings (SSSR count). The molecule has 0 aromatic rings. The molecule has 1 saturated heterocycles. The standard InChI is InChI=1S/C12H22O3/c1-5-13-11(10(2,3)4)7-6-8-12(9-11)14-15-12/h5-9H2,1-4H3. The third kappa shape index (κ3) is 1.93. The van der Waals surface area contributed by atoms with Crippen molar-refractivity contribution >= 4 is 0 Å². The molecule has 1 heterocycles. The van der Waals surface area contributed by atoms with Crippen molar-refractivity contribution in [3.05, 3.63) is 0 Å². The number of ether oxygens (including phenoxy) is 1.